The standard InChI is InChI=1S/C10H6FN3O3/c11-8-2-1-6(3-9(8)14(16)17)7-4-12-5-13-10(7)15/h1-5H,(H,12,13,15). The number of benzene rings is 1. The fraction of sp³-hybridized carbons (Fsp3) is 0. The summed E-state index contributed by atoms with van der Waals surface area (Å²) in [6.45, 7) is 0. The van der Waals surface area contributed by atoms with Crippen molar-refractivity contribution in [2.75, 3.05) is 0 Å². The van der Waals surface area contributed by atoms with Crippen molar-refractivity contribution in [2.45, 2.75) is 0 Å². The fourth-order valence-electron chi connectivity index (χ4n) is 1.37. The van der Waals surface area contributed by atoms with Gasteiger partial charge in [0, 0.05) is 12.3 Å². The van der Waals surface area contributed by atoms with E-state index >= 15 is 0 Å². The van der Waals surface area contributed by atoms with Crippen LogP contribution in [0.2, 0.25) is 0 Å². The van der Waals surface area contributed by atoms with Crippen LogP contribution in [0.5, 0.6) is 0 Å². The molecule has 0 bridgehead atoms. The van der Waals surface area contributed by atoms with Crippen molar-refractivity contribution in [1.29, 1.82) is 0 Å². The van der Waals surface area contributed by atoms with Gasteiger partial charge in [-0.1, -0.05) is 6.07 Å². The lowest BCUT2D eigenvalue weighted by atomic mass is 10.1. The molecule has 1 aromatic carbocycles. The van der Waals surface area contributed by atoms with Gasteiger partial charge < -0.3 is 4.98 Å². The largest absolute Gasteiger partial charge is 0.313 e. The van der Waals surface area contributed by atoms with E-state index in [4.69, 9.17) is 0 Å². The molecule has 17 heavy (non-hydrogen) atoms. The average molecular weight is 235 g/mol. The Hall–Kier alpha value is -2.57. The van der Waals surface area contributed by atoms with E-state index in [0.29, 0.717) is 0 Å². The van der Waals surface area contributed by atoms with Crippen molar-refractivity contribution in [1.82, 2.24) is 9.97 Å². The predicted molar refractivity (Wildman–Crippen MR) is 56.9 cm³/mol. The molecule has 0 amide bonds. The second kappa shape index (κ2) is 4.12. The zero-order chi connectivity index (χ0) is 12.4. The molecule has 86 valence electrons. The van der Waals surface area contributed by atoms with Crippen LogP contribution in [-0.2, 0) is 0 Å². The van der Waals surface area contributed by atoms with Gasteiger partial charge in [0.05, 0.1) is 16.8 Å². The predicted octanol–water partition coefficient (Wildman–Crippen LogP) is 1.48. The molecule has 0 atom stereocenters. The Balaban J connectivity index is 2.62. The maximum atomic E-state index is 13.1. The molecule has 7 heteroatoms. The first kappa shape index (κ1) is 10.9. The normalized spacial score (nSPS) is 10.2. The lowest BCUT2D eigenvalue weighted by molar-refractivity contribution is -0.387. The zero-order valence-electron chi connectivity index (χ0n) is 8.38. The summed E-state index contributed by atoms with van der Waals surface area (Å²) in [7, 11) is 0. The van der Waals surface area contributed by atoms with Gasteiger partial charge in [0.25, 0.3) is 5.56 Å². The molecule has 0 radical (unpaired) electrons. The van der Waals surface area contributed by atoms with Crippen molar-refractivity contribution in [3.8, 4) is 11.1 Å². The third-order valence-electron chi connectivity index (χ3n) is 2.17. The summed E-state index contributed by atoms with van der Waals surface area (Å²) in [6, 6.07) is 3.23. The summed E-state index contributed by atoms with van der Waals surface area (Å²) in [5.74, 6) is -0.945. The number of halogens is 1. The third-order valence-corrected chi connectivity index (χ3v) is 2.17. The highest BCUT2D eigenvalue weighted by molar-refractivity contribution is 5.64. The number of nitrogens with one attached hydrogen (secondary N) is 1. The molecule has 0 aliphatic rings. The molecule has 0 saturated carbocycles. The third kappa shape index (κ3) is 2.03. The van der Waals surface area contributed by atoms with Crippen molar-refractivity contribution in [3.63, 3.8) is 0 Å². The van der Waals surface area contributed by atoms with Gasteiger partial charge in [-0.25, -0.2) is 4.98 Å². The molecule has 1 N–H and O–H groups in total. The quantitative estimate of drug-likeness (QED) is 0.630. The molecule has 2 rings (SSSR count). The minimum absolute atomic E-state index is 0.149. The SMILES string of the molecule is O=c1[nH]cncc1-c1ccc(F)c([N+](=O)[O-])c1. The first-order valence-corrected chi connectivity index (χ1v) is 4.56. The monoisotopic (exact) mass is 235 g/mol. The number of hydrogen-bond acceptors (Lipinski definition) is 4. The summed E-state index contributed by atoms with van der Waals surface area (Å²) in [4.78, 5) is 27.2. The number of rotatable bonds is 2. The molecule has 6 nitrogen and oxygen atoms in total. The summed E-state index contributed by atoms with van der Waals surface area (Å²) in [6.07, 6.45) is 2.46. The zero-order valence-corrected chi connectivity index (χ0v) is 8.38. The topological polar surface area (TPSA) is 88.9 Å². The van der Waals surface area contributed by atoms with E-state index in [1.807, 2.05) is 0 Å². The summed E-state index contributed by atoms with van der Waals surface area (Å²) < 4.78 is 13.1. The second-order valence-corrected chi connectivity index (χ2v) is 3.22. The van der Waals surface area contributed by atoms with E-state index < -0.39 is 22.0 Å². The van der Waals surface area contributed by atoms with E-state index in [0.717, 1.165) is 12.1 Å². The number of H-pyrrole nitrogens is 1. The smallest absolute Gasteiger partial charge is 0.305 e. The van der Waals surface area contributed by atoms with Gasteiger partial charge in [-0.2, -0.15) is 4.39 Å². The van der Waals surface area contributed by atoms with Crippen LogP contribution < -0.4 is 5.56 Å². The summed E-state index contributed by atoms with van der Waals surface area (Å²) in [5, 5.41) is 10.6. The van der Waals surface area contributed by atoms with Gasteiger partial charge in [-0.3, -0.25) is 14.9 Å². The molecule has 1 aromatic heterocycles. The van der Waals surface area contributed by atoms with Gasteiger partial charge >= 0.3 is 5.69 Å². The molecule has 0 unspecified atom stereocenters. The fourth-order valence-corrected chi connectivity index (χ4v) is 1.37. The molecular weight excluding hydrogens is 229 g/mol. The van der Waals surface area contributed by atoms with Gasteiger partial charge in [-0.15, -0.1) is 0 Å². The van der Waals surface area contributed by atoms with Crippen LogP contribution in [0, 0.1) is 15.9 Å². The molecule has 0 fully saturated rings. The lowest BCUT2D eigenvalue weighted by Gasteiger charge is -2.00. The second-order valence-electron chi connectivity index (χ2n) is 3.22. The lowest BCUT2D eigenvalue weighted by Crippen LogP contribution is -2.08. The Bertz CT molecular complexity index is 639. The van der Waals surface area contributed by atoms with E-state index in [1.54, 1.807) is 0 Å². The molecule has 0 aliphatic carbocycles. The van der Waals surface area contributed by atoms with Gasteiger partial charge in [0.1, 0.15) is 0 Å². The molecule has 0 saturated heterocycles. The first-order valence-electron chi connectivity index (χ1n) is 4.56. The van der Waals surface area contributed by atoms with Crippen molar-refractivity contribution < 1.29 is 9.31 Å². The van der Waals surface area contributed by atoms with Gasteiger partial charge in [-0.05, 0) is 11.6 Å². The molecule has 1 heterocycles. The summed E-state index contributed by atoms with van der Waals surface area (Å²) in [5.41, 5.74) is -0.727. The number of aromatic nitrogens is 2. The van der Waals surface area contributed by atoms with E-state index in [-0.39, 0.29) is 11.1 Å². The number of nitro benzene ring substituents is 1. The van der Waals surface area contributed by atoms with Crippen molar-refractivity contribution in [3.05, 3.63) is 57.0 Å². The number of aromatic amines is 1. The van der Waals surface area contributed by atoms with E-state index in [1.165, 1.54) is 18.6 Å². The van der Waals surface area contributed by atoms with Crippen LogP contribution >= 0.6 is 0 Å². The van der Waals surface area contributed by atoms with Crippen molar-refractivity contribution in [2.24, 2.45) is 0 Å². The highest BCUT2D eigenvalue weighted by Crippen LogP contribution is 2.23. The molecule has 0 spiro atoms. The number of nitro groups is 1. The van der Waals surface area contributed by atoms with Crippen LogP contribution in [-0.4, -0.2) is 14.9 Å². The van der Waals surface area contributed by atoms with Crippen molar-refractivity contribution >= 4 is 5.69 Å². The summed E-state index contributed by atoms with van der Waals surface area (Å²) >= 11 is 0. The number of nitrogens with zero attached hydrogens (tertiary/aromatic N) is 2. The Labute approximate surface area is 93.9 Å². The minimum atomic E-state index is -0.945. The Kier molecular flexibility index (Phi) is 2.65. The Morgan fingerprint density at radius 1 is 1.41 bits per heavy atom. The van der Waals surface area contributed by atoms with Gasteiger partial charge in [0.15, 0.2) is 0 Å². The van der Waals surface area contributed by atoms with Crippen LogP contribution in [0.15, 0.2) is 35.5 Å². The Morgan fingerprint density at radius 2 is 2.18 bits per heavy atom. The molecule has 0 aliphatic heterocycles. The average Bonchev–Trinajstić information content (AvgIpc) is 2.30. The van der Waals surface area contributed by atoms with Crippen LogP contribution in [0.1, 0.15) is 0 Å². The highest BCUT2D eigenvalue weighted by atomic mass is 19.1. The first-order chi connectivity index (χ1) is 8.09. The maximum Gasteiger partial charge on any atom is 0.305 e. The molecule has 2 aromatic rings. The highest BCUT2D eigenvalue weighted by Gasteiger charge is 2.16. The van der Waals surface area contributed by atoms with E-state index in [9.17, 15) is 19.3 Å². The maximum absolute atomic E-state index is 13.1. The van der Waals surface area contributed by atoms with Crippen LogP contribution in [0.4, 0.5) is 10.1 Å². The van der Waals surface area contributed by atoms with E-state index in [2.05, 4.69) is 9.97 Å². The number of hydrogen-bond donors (Lipinski definition) is 1. The Morgan fingerprint density at radius 3 is 2.82 bits per heavy atom. The van der Waals surface area contributed by atoms with Crippen LogP contribution in [0.3, 0.4) is 0 Å². The van der Waals surface area contributed by atoms with Crippen LogP contribution in [0.25, 0.3) is 11.1 Å². The minimum Gasteiger partial charge on any atom is -0.313 e. The molecular formula is C10H6FN3O3. The van der Waals surface area contributed by atoms with Gasteiger partial charge in [0.2, 0.25) is 5.82 Å².